The van der Waals surface area contributed by atoms with Crippen LogP contribution in [0.1, 0.15) is 62.5 Å². The SMILES string of the molecule is COc1ccc2c(c1)CC[C@@H]1[C@@H]2CC[C@]2(C)C(=O)C[C@H]3[C@H](OS(C)(=O)=O)CC[C@]132. The van der Waals surface area contributed by atoms with Crippen molar-refractivity contribution < 1.29 is 22.1 Å². The van der Waals surface area contributed by atoms with Gasteiger partial charge in [-0.1, -0.05) is 13.0 Å². The van der Waals surface area contributed by atoms with E-state index in [2.05, 4.69) is 19.1 Å². The normalized spacial score (nSPS) is 40.7. The van der Waals surface area contributed by atoms with Gasteiger partial charge < -0.3 is 4.74 Å². The molecule has 0 radical (unpaired) electrons. The number of aryl methyl sites for hydroxylation is 1. The van der Waals surface area contributed by atoms with Gasteiger partial charge in [0.25, 0.3) is 10.1 Å². The minimum atomic E-state index is -3.54. The first kappa shape index (κ1) is 19.6. The molecule has 1 aromatic carbocycles. The first-order chi connectivity index (χ1) is 13.7. The topological polar surface area (TPSA) is 69.7 Å². The van der Waals surface area contributed by atoms with Gasteiger partial charge in [0.15, 0.2) is 0 Å². The van der Waals surface area contributed by atoms with Gasteiger partial charge in [0.1, 0.15) is 11.5 Å². The van der Waals surface area contributed by atoms with Crippen LogP contribution >= 0.6 is 0 Å². The fourth-order valence-electron chi connectivity index (χ4n) is 7.80. The molecule has 1 aromatic rings. The molecule has 6 atom stereocenters. The molecule has 0 heterocycles. The quantitative estimate of drug-likeness (QED) is 0.697. The smallest absolute Gasteiger partial charge is 0.264 e. The third-order valence-corrected chi connectivity index (χ3v) is 9.47. The van der Waals surface area contributed by atoms with Crippen molar-refractivity contribution in [2.45, 2.75) is 63.9 Å². The van der Waals surface area contributed by atoms with Gasteiger partial charge in [-0.25, -0.2) is 0 Å². The maximum atomic E-state index is 13.2. The molecule has 1 spiro atoms. The van der Waals surface area contributed by atoms with E-state index in [0.29, 0.717) is 24.0 Å². The Hall–Kier alpha value is -1.40. The standard InChI is InChI=1S/C23H30O5S/c1-22-10-8-17-16-6-5-15(27-2)12-14(16)4-7-18(17)23(22)11-9-20(28-29(3,25)26)19(23)13-21(22)24/h5-6,12,17-20H,4,7-11,13H2,1-3H3/t17-,18-,19+,20-,22-,23+/m1/s1. The van der Waals surface area contributed by atoms with E-state index in [-0.39, 0.29) is 22.9 Å². The molecular formula is C23H30O5S. The van der Waals surface area contributed by atoms with Crippen molar-refractivity contribution in [1.82, 2.24) is 0 Å². The number of Topliss-reactive ketones (excluding diaryl/α,β-unsaturated/α-hetero) is 1. The third kappa shape index (κ3) is 2.61. The number of carbonyl (C=O) groups is 1. The average molecular weight is 419 g/mol. The monoisotopic (exact) mass is 418 g/mol. The van der Waals surface area contributed by atoms with Crippen molar-refractivity contribution in [1.29, 1.82) is 0 Å². The molecule has 0 aliphatic heterocycles. The van der Waals surface area contributed by atoms with E-state index in [9.17, 15) is 13.2 Å². The van der Waals surface area contributed by atoms with Gasteiger partial charge >= 0.3 is 0 Å². The number of hydrogen-bond acceptors (Lipinski definition) is 5. The summed E-state index contributed by atoms with van der Waals surface area (Å²) in [7, 11) is -1.83. The van der Waals surface area contributed by atoms with Crippen molar-refractivity contribution in [2.24, 2.45) is 22.7 Å². The highest BCUT2D eigenvalue weighted by molar-refractivity contribution is 7.86. The van der Waals surface area contributed by atoms with Gasteiger partial charge in [-0.3, -0.25) is 8.98 Å². The highest BCUT2D eigenvalue weighted by atomic mass is 32.2. The van der Waals surface area contributed by atoms with E-state index in [1.165, 1.54) is 11.1 Å². The Bertz CT molecular complexity index is 969. The van der Waals surface area contributed by atoms with E-state index in [1.54, 1.807) is 7.11 Å². The Morgan fingerprint density at radius 2 is 1.90 bits per heavy atom. The third-order valence-electron chi connectivity index (χ3n) is 8.88. The lowest BCUT2D eigenvalue weighted by Gasteiger charge is -2.57. The van der Waals surface area contributed by atoms with Crippen LogP contribution in [0, 0.1) is 22.7 Å². The number of methoxy groups -OCH3 is 1. The Kier molecular flexibility index (Phi) is 4.25. The molecule has 0 N–H and O–H groups in total. The van der Waals surface area contributed by atoms with Crippen molar-refractivity contribution in [3.05, 3.63) is 29.3 Å². The summed E-state index contributed by atoms with van der Waals surface area (Å²) in [5.74, 6) is 2.08. The molecule has 0 aromatic heterocycles. The molecule has 5 rings (SSSR count). The summed E-state index contributed by atoms with van der Waals surface area (Å²) in [6, 6.07) is 6.43. The van der Waals surface area contributed by atoms with Crippen LogP contribution in [0.3, 0.4) is 0 Å². The second-order valence-electron chi connectivity index (χ2n) is 9.84. The maximum absolute atomic E-state index is 13.2. The zero-order valence-electron chi connectivity index (χ0n) is 17.4. The number of hydrogen-bond donors (Lipinski definition) is 0. The number of benzene rings is 1. The summed E-state index contributed by atoms with van der Waals surface area (Å²) in [6.45, 7) is 2.16. The van der Waals surface area contributed by atoms with Crippen LogP contribution in [0.2, 0.25) is 0 Å². The van der Waals surface area contributed by atoms with Gasteiger partial charge in [-0.05, 0) is 79.0 Å². The van der Waals surface area contributed by atoms with Crippen LogP contribution in [0.4, 0.5) is 0 Å². The molecule has 158 valence electrons. The minimum Gasteiger partial charge on any atom is -0.497 e. The fourth-order valence-corrected chi connectivity index (χ4v) is 8.48. The summed E-state index contributed by atoms with van der Waals surface area (Å²) in [6.07, 6.45) is 6.83. The van der Waals surface area contributed by atoms with Crippen molar-refractivity contribution >= 4 is 15.9 Å². The Morgan fingerprint density at radius 3 is 2.62 bits per heavy atom. The highest BCUT2D eigenvalue weighted by Gasteiger charge is 2.72. The van der Waals surface area contributed by atoms with E-state index in [0.717, 1.165) is 50.5 Å². The molecular weight excluding hydrogens is 388 g/mol. The van der Waals surface area contributed by atoms with Crippen LogP contribution < -0.4 is 4.74 Å². The summed E-state index contributed by atoms with van der Waals surface area (Å²) in [5, 5.41) is 0. The summed E-state index contributed by atoms with van der Waals surface area (Å²) in [5.41, 5.74) is 2.29. The summed E-state index contributed by atoms with van der Waals surface area (Å²) >= 11 is 0. The lowest BCUT2D eigenvalue weighted by atomic mass is 9.46. The van der Waals surface area contributed by atoms with Crippen molar-refractivity contribution in [3.63, 3.8) is 0 Å². The number of rotatable bonds is 3. The summed E-state index contributed by atoms with van der Waals surface area (Å²) < 4.78 is 34.7. The Balaban J connectivity index is 1.57. The molecule has 0 amide bonds. The van der Waals surface area contributed by atoms with E-state index < -0.39 is 10.1 Å². The molecule has 0 bridgehead atoms. The first-order valence-corrected chi connectivity index (χ1v) is 12.6. The van der Waals surface area contributed by atoms with E-state index >= 15 is 0 Å². The van der Waals surface area contributed by atoms with E-state index in [4.69, 9.17) is 8.92 Å². The number of ether oxygens (including phenoxy) is 1. The molecule has 29 heavy (non-hydrogen) atoms. The lowest BCUT2D eigenvalue weighted by molar-refractivity contribution is -0.137. The van der Waals surface area contributed by atoms with Crippen LogP contribution in [0.15, 0.2) is 18.2 Å². The van der Waals surface area contributed by atoms with Crippen molar-refractivity contribution in [3.8, 4) is 5.75 Å². The van der Waals surface area contributed by atoms with Crippen LogP contribution in [-0.4, -0.2) is 33.7 Å². The van der Waals surface area contributed by atoms with E-state index in [1.807, 2.05) is 6.07 Å². The molecule has 4 aliphatic rings. The van der Waals surface area contributed by atoms with Crippen LogP contribution in [-0.2, 0) is 25.5 Å². The zero-order valence-corrected chi connectivity index (χ0v) is 18.3. The van der Waals surface area contributed by atoms with Gasteiger partial charge in [0, 0.05) is 17.8 Å². The largest absolute Gasteiger partial charge is 0.497 e. The molecule has 6 heteroatoms. The molecule has 0 unspecified atom stereocenters. The number of carbonyl (C=O) groups excluding carboxylic acids is 1. The predicted molar refractivity (Wildman–Crippen MR) is 109 cm³/mol. The molecule has 5 nitrogen and oxygen atoms in total. The molecule has 0 saturated heterocycles. The highest BCUT2D eigenvalue weighted by Crippen LogP contribution is 2.74. The Morgan fingerprint density at radius 1 is 1.10 bits per heavy atom. The molecule has 4 aliphatic carbocycles. The maximum Gasteiger partial charge on any atom is 0.264 e. The number of fused-ring (bicyclic) bond motifs is 3. The number of ketones is 1. The van der Waals surface area contributed by atoms with Crippen LogP contribution in [0.5, 0.6) is 5.75 Å². The molecule has 3 fully saturated rings. The fraction of sp³-hybridized carbons (Fsp3) is 0.696. The minimum absolute atomic E-state index is 0.0160. The second-order valence-corrected chi connectivity index (χ2v) is 11.4. The van der Waals surface area contributed by atoms with Crippen LogP contribution in [0.25, 0.3) is 0 Å². The van der Waals surface area contributed by atoms with Gasteiger partial charge in [-0.2, -0.15) is 8.42 Å². The lowest BCUT2D eigenvalue weighted by Crippen LogP contribution is -2.53. The molecule has 3 saturated carbocycles. The summed E-state index contributed by atoms with van der Waals surface area (Å²) in [4.78, 5) is 13.2. The average Bonchev–Trinajstić information content (AvgIpc) is 3.12. The van der Waals surface area contributed by atoms with Crippen molar-refractivity contribution in [2.75, 3.05) is 13.4 Å². The zero-order chi connectivity index (χ0) is 20.6. The van der Waals surface area contributed by atoms with Gasteiger partial charge in [0.05, 0.1) is 19.5 Å². The first-order valence-electron chi connectivity index (χ1n) is 10.8. The van der Waals surface area contributed by atoms with Gasteiger partial charge in [-0.15, -0.1) is 0 Å². The second kappa shape index (κ2) is 6.30. The predicted octanol–water partition coefficient (Wildman–Crippen LogP) is 3.86. The van der Waals surface area contributed by atoms with Gasteiger partial charge in [0.2, 0.25) is 0 Å². The Labute approximate surface area is 173 Å².